The topological polar surface area (TPSA) is 73.6 Å². The van der Waals surface area contributed by atoms with Crippen molar-refractivity contribution < 1.29 is 14.3 Å². The number of benzene rings is 1. The number of hydrogen-bond donors (Lipinski definition) is 2. The zero-order valence-electron chi connectivity index (χ0n) is 16.6. The summed E-state index contributed by atoms with van der Waals surface area (Å²) >= 11 is 0. The van der Waals surface area contributed by atoms with Crippen molar-refractivity contribution in [2.45, 2.75) is 57.4 Å². The zero-order chi connectivity index (χ0) is 18.7. The lowest BCUT2D eigenvalue weighted by atomic mass is 9.74. The lowest BCUT2D eigenvalue weighted by Gasteiger charge is -2.38. The van der Waals surface area contributed by atoms with Gasteiger partial charge in [-0.2, -0.15) is 0 Å². The number of hydrogen-bond acceptors (Lipinski definition) is 4. The number of methoxy groups -OCH3 is 2. The molecule has 5 nitrogen and oxygen atoms in total. The van der Waals surface area contributed by atoms with E-state index < -0.39 is 5.54 Å². The van der Waals surface area contributed by atoms with E-state index in [0.717, 1.165) is 31.2 Å². The Kier molecular flexibility index (Phi) is 7.78. The summed E-state index contributed by atoms with van der Waals surface area (Å²) in [5.74, 6) is 1.36. The van der Waals surface area contributed by atoms with E-state index in [-0.39, 0.29) is 29.6 Å². The molecule has 2 rings (SSSR count). The van der Waals surface area contributed by atoms with E-state index in [1.807, 2.05) is 25.1 Å². The molecule has 0 saturated heterocycles. The quantitative estimate of drug-likeness (QED) is 0.788. The molecule has 0 spiro atoms. The minimum Gasteiger partial charge on any atom is -0.493 e. The molecule has 0 aliphatic heterocycles. The van der Waals surface area contributed by atoms with Crippen LogP contribution >= 0.6 is 12.4 Å². The van der Waals surface area contributed by atoms with Crippen LogP contribution in [0.25, 0.3) is 0 Å². The summed E-state index contributed by atoms with van der Waals surface area (Å²) in [4.78, 5) is 12.7. The predicted octanol–water partition coefficient (Wildman–Crippen LogP) is 3.43. The van der Waals surface area contributed by atoms with Gasteiger partial charge in [-0.1, -0.05) is 32.8 Å². The van der Waals surface area contributed by atoms with E-state index in [0.29, 0.717) is 18.0 Å². The van der Waals surface area contributed by atoms with Crippen LogP contribution in [0.2, 0.25) is 0 Å². The fourth-order valence-corrected chi connectivity index (χ4v) is 3.58. The third-order valence-electron chi connectivity index (χ3n) is 5.44. The van der Waals surface area contributed by atoms with Gasteiger partial charge in [-0.05, 0) is 37.5 Å². The van der Waals surface area contributed by atoms with Gasteiger partial charge >= 0.3 is 0 Å². The van der Waals surface area contributed by atoms with Gasteiger partial charge in [-0.25, -0.2) is 0 Å². The van der Waals surface area contributed by atoms with Gasteiger partial charge in [0.15, 0.2) is 11.5 Å². The molecule has 6 heteroatoms. The molecule has 1 aromatic rings. The summed E-state index contributed by atoms with van der Waals surface area (Å²) < 4.78 is 10.7. The van der Waals surface area contributed by atoms with Gasteiger partial charge < -0.3 is 20.5 Å². The maximum atomic E-state index is 12.7. The molecular weight excluding hydrogens is 352 g/mol. The Bertz CT molecular complexity index is 617. The zero-order valence-corrected chi connectivity index (χ0v) is 17.4. The normalized spacial score (nSPS) is 22.9. The minimum atomic E-state index is -0.407. The van der Waals surface area contributed by atoms with Gasteiger partial charge in [0.2, 0.25) is 5.91 Å². The average Bonchev–Trinajstić information content (AvgIpc) is 2.58. The highest BCUT2D eigenvalue weighted by Crippen LogP contribution is 2.34. The third kappa shape index (κ3) is 5.04. The maximum absolute atomic E-state index is 12.7. The van der Waals surface area contributed by atoms with E-state index >= 15 is 0 Å². The summed E-state index contributed by atoms with van der Waals surface area (Å²) in [6.07, 6.45) is 3.96. The van der Waals surface area contributed by atoms with Gasteiger partial charge in [-0.15, -0.1) is 12.4 Å². The van der Waals surface area contributed by atoms with Crippen LogP contribution < -0.4 is 20.5 Å². The number of halogens is 1. The molecule has 2 atom stereocenters. The number of carbonyl (C=O) groups excluding carboxylic acids is 1. The fourth-order valence-electron chi connectivity index (χ4n) is 3.58. The van der Waals surface area contributed by atoms with Crippen LogP contribution in [0.15, 0.2) is 18.2 Å². The van der Waals surface area contributed by atoms with E-state index in [9.17, 15) is 4.79 Å². The molecular formula is C20H33ClN2O3. The Morgan fingerprint density at radius 2 is 1.92 bits per heavy atom. The molecule has 148 valence electrons. The van der Waals surface area contributed by atoms with Crippen LogP contribution in [-0.4, -0.2) is 32.2 Å². The first-order valence-electron chi connectivity index (χ1n) is 9.00. The van der Waals surface area contributed by atoms with Gasteiger partial charge in [0.25, 0.3) is 0 Å². The van der Waals surface area contributed by atoms with Crippen molar-refractivity contribution in [2.75, 3.05) is 20.8 Å². The Balaban J connectivity index is 0.00000338. The Hall–Kier alpha value is -1.46. The van der Waals surface area contributed by atoms with Gasteiger partial charge in [0.1, 0.15) is 0 Å². The first-order chi connectivity index (χ1) is 11.7. The second-order valence-corrected chi connectivity index (χ2v) is 7.98. The Morgan fingerprint density at radius 3 is 2.50 bits per heavy atom. The van der Waals surface area contributed by atoms with Crippen LogP contribution in [0.5, 0.6) is 11.5 Å². The lowest BCUT2D eigenvalue weighted by Crippen LogP contribution is -2.54. The van der Waals surface area contributed by atoms with Crippen molar-refractivity contribution in [2.24, 2.45) is 11.7 Å². The number of nitrogens with two attached hydrogens (primary N) is 1. The molecule has 0 bridgehead atoms. The standard InChI is InChI=1S/C20H32N2O3.ClH/c1-19(2,14-9-10-16(24-4)17(12-14)25-5)13-22-18(23)15-8-6-7-11-20(15,3)21;/h9-10,12,15H,6-8,11,13,21H2,1-5H3,(H,22,23);1H. The number of ether oxygens (including phenoxy) is 2. The third-order valence-corrected chi connectivity index (χ3v) is 5.44. The molecule has 1 saturated carbocycles. The van der Waals surface area contributed by atoms with Crippen LogP contribution in [-0.2, 0) is 10.2 Å². The molecule has 2 unspecified atom stereocenters. The summed E-state index contributed by atoms with van der Waals surface area (Å²) in [6.45, 7) is 6.76. The largest absolute Gasteiger partial charge is 0.493 e. The average molecular weight is 385 g/mol. The van der Waals surface area contributed by atoms with E-state index in [1.165, 1.54) is 0 Å². The van der Waals surface area contributed by atoms with Crippen LogP contribution in [0, 0.1) is 5.92 Å². The summed E-state index contributed by atoms with van der Waals surface area (Å²) in [6, 6.07) is 5.88. The first kappa shape index (κ1) is 22.6. The van der Waals surface area contributed by atoms with Crippen LogP contribution in [0.3, 0.4) is 0 Å². The van der Waals surface area contributed by atoms with Gasteiger partial charge in [-0.3, -0.25) is 4.79 Å². The van der Waals surface area contributed by atoms with Gasteiger partial charge in [0, 0.05) is 17.5 Å². The minimum absolute atomic E-state index is 0. The van der Waals surface area contributed by atoms with Crippen LogP contribution in [0.1, 0.15) is 52.0 Å². The smallest absolute Gasteiger partial charge is 0.224 e. The van der Waals surface area contributed by atoms with E-state index in [1.54, 1.807) is 14.2 Å². The molecule has 1 fully saturated rings. The van der Waals surface area contributed by atoms with Crippen molar-refractivity contribution in [1.82, 2.24) is 5.32 Å². The molecule has 1 aromatic carbocycles. The number of nitrogens with one attached hydrogen (secondary N) is 1. The van der Waals surface area contributed by atoms with Crippen LogP contribution in [0.4, 0.5) is 0 Å². The summed E-state index contributed by atoms with van der Waals surface area (Å²) in [7, 11) is 3.25. The Labute approximate surface area is 163 Å². The van der Waals surface area contributed by atoms with Gasteiger partial charge in [0.05, 0.1) is 20.1 Å². The second kappa shape index (κ2) is 8.96. The summed E-state index contributed by atoms with van der Waals surface area (Å²) in [5, 5.41) is 3.12. The van der Waals surface area contributed by atoms with E-state index in [2.05, 4.69) is 19.2 Å². The molecule has 1 aliphatic carbocycles. The van der Waals surface area contributed by atoms with Crippen molar-refractivity contribution in [3.63, 3.8) is 0 Å². The lowest BCUT2D eigenvalue weighted by molar-refractivity contribution is -0.128. The number of rotatable bonds is 6. The number of carbonyl (C=O) groups is 1. The molecule has 26 heavy (non-hydrogen) atoms. The van der Waals surface area contributed by atoms with Crippen molar-refractivity contribution in [3.8, 4) is 11.5 Å². The SMILES string of the molecule is COc1ccc(C(C)(C)CNC(=O)C2CCCCC2(C)N)cc1OC.Cl. The van der Waals surface area contributed by atoms with Crippen molar-refractivity contribution in [3.05, 3.63) is 23.8 Å². The molecule has 3 N–H and O–H groups in total. The van der Waals surface area contributed by atoms with Crippen molar-refractivity contribution in [1.29, 1.82) is 0 Å². The highest BCUT2D eigenvalue weighted by atomic mass is 35.5. The predicted molar refractivity (Wildman–Crippen MR) is 107 cm³/mol. The molecule has 0 heterocycles. The monoisotopic (exact) mass is 384 g/mol. The molecule has 0 radical (unpaired) electrons. The van der Waals surface area contributed by atoms with Crippen molar-refractivity contribution >= 4 is 18.3 Å². The molecule has 1 aliphatic rings. The van der Waals surface area contributed by atoms with E-state index in [4.69, 9.17) is 15.2 Å². The number of amides is 1. The fraction of sp³-hybridized carbons (Fsp3) is 0.650. The molecule has 1 amide bonds. The second-order valence-electron chi connectivity index (χ2n) is 7.98. The molecule has 0 aromatic heterocycles. The highest BCUT2D eigenvalue weighted by molar-refractivity contribution is 5.85. The highest BCUT2D eigenvalue weighted by Gasteiger charge is 2.38. The first-order valence-corrected chi connectivity index (χ1v) is 9.00. The summed E-state index contributed by atoms with van der Waals surface area (Å²) in [5.41, 5.74) is 6.81. The maximum Gasteiger partial charge on any atom is 0.224 e. The Morgan fingerprint density at radius 1 is 1.27 bits per heavy atom.